The summed E-state index contributed by atoms with van der Waals surface area (Å²) in [6.45, 7) is 5.32. The number of carbonyl (C=O) groups is 1. The van der Waals surface area contributed by atoms with Crippen LogP contribution < -0.4 is 11.1 Å². The SMILES string of the molecule is Cc1cnn(CCNC(=O)CC(C)c2ccc(N)cc2)c1. The van der Waals surface area contributed by atoms with Crippen LogP contribution in [-0.4, -0.2) is 22.2 Å². The van der Waals surface area contributed by atoms with E-state index < -0.39 is 0 Å². The number of aromatic nitrogens is 2. The first-order chi connectivity index (χ1) is 10.0. The predicted octanol–water partition coefficient (Wildman–Crippen LogP) is 2.08. The normalized spacial score (nSPS) is 12.1. The molecule has 1 unspecified atom stereocenters. The topological polar surface area (TPSA) is 72.9 Å². The number of amides is 1. The van der Waals surface area contributed by atoms with Crippen molar-refractivity contribution in [2.75, 3.05) is 12.3 Å². The Balaban J connectivity index is 1.75. The highest BCUT2D eigenvalue weighted by Crippen LogP contribution is 2.19. The van der Waals surface area contributed by atoms with Crippen molar-refractivity contribution in [1.82, 2.24) is 15.1 Å². The van der Waals surface area contributed by atoms with Crippen molar-refractivity contribution in [1.29, 1.82) is 0 Å². The number of hydrogen-bond acceptors (Lipinski definition) is 3. The summed E-state index contributed by atoms with van der Waals surface area (Å²) in [5.74, 6) is 0.237. The first-order valence-electron chi connectivity index (χ1n) is 7.16. The molecule has 1 aromatic carbocycles. The summed E-state index contributed by atoms with van der Waals surface area (Å²) in [7, 11) is 0. The van der Waals surface area contributed by atoms with Crippen LogP contribution >= 0.6 is 0 Å². The fourth-order valence-corrected chi connectivity index (χ4v) is 2.19. The van der Waals surface area contributed by atoms with Crippen LogP contribution in [0.4, 0.5) is 5.69 Å². The third-order valence-corrected chi connectivity index (χ3v) is 3.42. The standard InChI is InChI=1S/C16H22N4O/c1-12-10-19-20(11-12)8-7-18-16(21)9-13(2)14-3-5-15(17)6-4-14/h3-6,10-11,13H,7-9,17H2,1-2H3,(H,18,21). The summed E-state index contributed by atoms with van der Waals surface area (Å²) in [5, 5.41) is 7.11. The molecule has 3 N–H and O–H groups in total. The van der Waals surface area contributed by atoms with E-state index >= 15 is 0 Å². The van der Waals surface area contributed by atoms with Crippen LogP contribution in [0.3, 0.4) is 0 Å². The van der Waals surface area contributed by atoms with E-state index in [-0.39, 0.29) is 11.8 Å². The van der Waals surface area contributed by atoms with Crippen LogP contribution in [0.25, 0.3) is 0 Å². The summed E-state index contributed by atoms with van der Waals surface area (Å²) in [6, 6.07) is 7.67. The van der Waals surface area contributed by atoms with Gasteiger partial charge in [-0.15, -0.1) is 0 Å². The van der Waals surface area contributed by atoms with E-state index in [2.05, 4.69) is 10.4 Å². The Morgan fingerprint density at radius 1 is 1.38 bits per heavy atom. The lowest BCUT2D eigenvalue weighted by Gasteiger charge is -2.12. The van der Waals surface area contributed by atoms with Gasteiger partial charge in [0.2, 0.25) is 5.91 Å². The molecule has 5 heteroatoms. The lowest BCUT2D eigenvalue weighted by molar-refractivity contribution is -0.121. The Hall–Kier alpha value is -2.30. The second-order valence-corrected chi connectivity index (χ2v) is 5.40. The zero-order chi connectivity index (χ0) is 15.2. The van der Waals surface area contributed by atoms with Crippen LogP contribution in [0.15, 0.2) is 36.7 Å². The monoisotopic (exact) mass is 286 g/mol. The van der Waals surface area contributed by atoms with E-state index in [1.165, 1.54) is 0 Å². The predicted molar refractivity (Wildman–Crippen MR) is 83.9 cm³/mol. The third kappa shape index (κ3) is 4.63. The van der Waals surface area contributed by atoms with Crippen molar-refractivity contribution in [2.24, 2.45) is 0 Å². The van der Waals surface area contributed by atoms with E-state index in [4.69, 9.17) is 5.73 Å². The molecule has 0 aliphatic rings. The third-order valence-electron chi connectivity index (χ3n) is 3.42. The van der Waals surface area contributed by atoms with Crippen molar-refractivity contribution in [3.8, 4) is 0 Å². The van der Waals surface area contributed by atoms with Gasteiger partial charge < -0.3 is 11.1 Å². The lowest BCUT2D eigenvalue weighted by atomic mass is 9.97. The molecule has 0 saturated heterocycles. The second-order valence-electron chi connectivity index (χ2n) is 5.40. The molecule has 1 amide bonds. The molecule has 1 aromatic heterocycles. The highest BCUT2D eigenvalue weighted by Gasteiger charge is 2.10. The van der Waals surface area contributed by atoms with Gasteiger partial charge in [0.25, 0.3) is 0 Å². The maximum atomic E-state index is 11.9. The minimum absolute atomic E-state index is 0.0585. The van der Waals surface area contributed by atoms with E-state index in [0.717, 1.165) is 16.8 Å². The second kappa shape index (κ2) is 6.92. The summed E-state index contributed by atoms with van der Waals surface area (Å²) in [4.78, 5) is 11.9. The van der Waals surface area contributed by atoms with Crippen LogP contribution in [0.2, 0.25) is 0 Å². The first-order valence-corrected chi connectivity index (χ1v) is 7.16. The molecule has 0 radical (unpaired) electrons. The van der Waals surface area contributed by atoms with Gasteiger partial charge in [-0.1, -0.05) is 19.1 Å². The van der Waals surface area contributed by atoms with Crippen LogP contribution in [0, 0.1) is 6.92 Å². The Bertz CT molecular complexity index is 589. The van der Waals surface area contributed by atoms with Gasteiger partial charge in [-0.25, -0.2) is 0 Å². The molecule has 21 heavy (non-hydrogen) atoms. The fourth-order valence-electron chi connectivity index (χ4n) is 2.19. The zero-order valence-electron chi connectivity index (χ0n) is 12.5. The van der Waals surface area contributed by atoms with Crippen molar-refractivity contribution in [3.05, 3.63) is 47.8 Å². The number of aryl methyl sites for hydroxylation is 1. The average molecular weight is 286 g/mol. The van der Waals surface area contributed by atoms with Crippen molar-refractivity contribution in [3.63, 3.8) is 0 Å². The quantitative estimate of drug-likeness (QED) is 0.799. The molecule has 5 nitrogen and oxygen atoms in total. The van der Waals surface area contributed by atoms with Crippen LogP contribution in [0.5, 0.6) is 0 Å². The fraction of sp³-hybridized carbons (Fsp3) is 0.375. The van der Waals surface area contributed by atoms with Crippen molar-refractivity contribution >= 4 is 11.6 Å². The number of nitrogen functional groups attached to an aromatic ring is 1. The molecule has 0 spiro atoms. The highest BCUT2D eigenvalue weighted by molar-refractivity contribution is 5.76. The van der Waals surface area contributed by atoms with Gasteiger partial charge in [0.15, 0.2) is 0 Å². The molecule has 1 heterocycles. The molecule has 0 aliphatic carbocycles. The number of nitrogens with zero attached hydrogens (tertiary/aromatic N) is 2. The number of rotatable bonds is 6. The van der Waals surface area contributed by atoms with Gasteiger partial charge >= 0.3 is 0 Å². The summed E-state index contributed by atoms with van der Waals surface area (Å²) >= 11 is 0. The van der Waals surface area contributed by atoms with E-state index in [1.54, 1.807) is 0 Å². The Morgan fingerprint density at radius 2 is 2.10 bits per heavy atom. The molecule has 0 aliphatic heterocycles. The first kappa shape index (κ1) is 15.1. The van der Waals surface area contributed by atoms with Crippen molar-refractivity contribution < 1.29 is 4.79 Å². The van der Waals surface area contributed by atoms with Crippen molar-refractivity contribution in [2.45, 2.75) is 32.7 Å². The Labute approximate surface area is 125 Å². The smallest absolute Gasteiger partial charge is 0.220 e. The number of nitrogens with two attached hydrogens (primary N) is 1. The number of anilines is 1. The average Bonchev–Trinajstić information content (AvgIpc) is 2.85. The lowest BCUT2D eigenvalue weighted by Crippen LogP contribution is -2.28. The molecule has 2 rings (SSSR count). The number of carbonyl (C=O) groups excluding carboxylic acids is 1. The molecule has 0 bridgehead atoms. The summed E-state index contributed by atoms with van der Waals surface area (Å²) in [5.41, 5.74) is 8.65. The molecule has 1 atom stereocenters. The minimum Gasteiger partial charge on any atom is -0.399 e. The van der Waals surface area contributed by atoms with Gasteiger partial charge in [0.05, 0.1) is 12.7 Å². The van der Waals surface area contributed by atoms with Crippen LogP contribution in [0.1, 0.15) is 30.4 Å². The van der Waals surface area contributed by atoms with E-state index in [1.807, 2.05) is 55.2 Å². The van der Waals surface area contributed by atoms with E-state index in [9.17, 15) is 4.79 Å². The maximum absolute atomic E-state index is 11.9. The Morgan fingerprint density at radius 3 is 2.71 bits per heavy atom. The number of hydrogen-bond donors (Lipinski definition) is 2. The summed E-state index contributed by atoms with van der Waals surface area (Å²) in [6.07, 6.45) is 4.25. The number of nitrogens with one attached hydrogen (secondary N) is 1. The van der Waals surface area contributed by atoms with Crippen LogP contribution in [-0.2, 0) is 11.3 Å². The molecule has 0 fully saturated rings. The molecule has 0 saturated carbocycles. The van der Waals surface area contributed by atoms with E-state index in [0.29, 0.717) is 19.5 Å². The minimum atomic E-state index is 0.0585. The number of benzene rings is 1. The van der Waals surface area contributed by atoms with Gasteiger partial charge in [-0.3, -0.25) is 9.48 Å². The molecular formula is C16H22N4O. The highest BCUT2D eigenvalue weighted by atomic mass is 16.1. The zero-order valence-corrected chi connectivity index (χ0v) is 12.5. The maximum Gasteiger partial charge on any atom is 0.220 e. The van der Waals surface area contributed by atoms with Gasteiger partial charge in [0, 0.05) is 24.8 Å². The molecule has 112 valence electrons. The summed E-state index contributed by atoms with van der Waals surface area (Å²) < 4.78 is 1.83. The largest absolute Gasteiger partial charge is 0.399 e. The van der Waals surface area contributed by atoms with Gasteiger partial charge in [-0.2, -0.15) is 5.10 Å². The van der Waals surface area contributed by atoms with Gasteiger partial charge in [-0.05, 0) is 36.1 Å². The Kier molecular flexibility index (Phi) is 4.98. The molecule has 2 aromatic rings. The molecular weight excluding hydrogens is 264 g/mol. The van der Waals surface area contributed by atoms with Gasteiger partial charge in [0.1, 0.15) is 0 Å².